The highest BCUT2D eigenvalue weighted by molar-refractivity contribution is 6.31. The molecule has 0 unspecified atom stereocenters. The lowest BCUT2D eigenvalue weighted by Gasteiger charge is -2.37. The largest absolute Gasteiger partial charge is 0.492 e. The van der Waals surface area contributed by atoms with Gasteiger partial charge in [-0.05, 0) is 49.4 Å². The Morgan fingerprint density at radius 3 is 2.57 bits per heavy atom. The van der Waals surface area contributed by atoms with Crippen molar-refractivity contribution in [2.75, 3.05) is 11.9 Å². The Labute approximate surface area is 131 Å². The van der Waals surface area contributed by atoms with Crippen molar-refractivity contribution in [3.05, 3.63) is 59.1 Å². The van der Waals surface area contributed by atoms with Crippen LogP contribution in [0.5, 0.6) is 5.75 Å². The monoisotopic (exact) mass is 301 g/mol. The molecule has 1 saturated carbocycles. The maximum absolute atomic E-state index is 6.27. The lowest BCUT2D eigenvalue weighted by Crippen LogP contribution is -2.34. The molecule has 1 aliphatic carbocycles. The zero-order chi connectivity index (χ0) is 14.7. The summed E-state index contributed by atoms with van der Waals surface area (Å²) in [7, 11) is 0. The summed E-state index contributed by atoms with van der Waals surface area (Å²) >= 11 is 6.27. The van der Waals surface area contributed by atoms with Crippen LogP contribution in [-0.2, 0) is 0 Å². The van der Waals surface area contributed by atoms with Crippen LogP contribution in [0.1, 0.15) is 31.2 Å². The molecule has 0 radical (unpaired) electrons. The van der Waals surface area contributed by atoms with Crippen LogP contribution in [0, 0.1) is 0 Å². The number of ether oxygens (including phenoxy) is 1. The van der Waals surface area contributed by atoms with Crippen LogP contribution in [0.2, 0.25) is 5.02 Å². The third-order valence-electron chi connectivity index (χ3n) is 4.03. The molecule has 3 rings (SSSR count). The Bertz CT molecular complexity index is 608. The van der Waals surface area contributed by atoms with Crippen molar-refractivity contribution in [3.8, 4) is 5.75 Å². The van der Waals surface area contributed by atoms with Crippen LogP contribution in [0.4, 0.5) is 5.69 Å². The summed E-state index contributed by atoms with van der Waals surface area (Å²) in [5, 5.41) is 4.47. The van der Waals surface area contributed by atoms with Crippen molar-refractivity contribution in [1.29, 1.82) is 0 Å². The normalized spacial score (nSPS) is 20.7. The first-order chi connectivity index (χ1) is 10.3. The van der Waals surface area contributed by atoms with Gasteiger partial charge in [0.15, 0.2) is 0 Å². The van der Waals surface area contributed by atoms with E-state index in [4.69, 9.17) is 16.3 Å². The van der Waals surface area contributed by atoms with E-state index in [0.29, 0.717) is 18.6 Å². The predicted octanol–water partition coefficient (Wildman–Crippen LogP) is 5.10. The van der Waals surface area contributed by atoms with E-state index in [1.165, 1.54) is 5.56 Å². The Morgan fingerprint density at radius 2 is 1.81 bits per heavy atom. The Morgan fingerprint density at radius 1 is 1.10 bits per heavy atom. The van der Waals surface area contributed by atoms with Gasteiger partial charge in [0.05, 0.1) is 12.3 Å². The van der Waals surface area contributed by atoms with Crippen LogP contribution >= 0.6 is 11.6 Å². The number of benzene rings is 2. The highest BCUT2D eigenvalue weighted by Crippen LogP contribution is 2.42. The fraction of sp³-hybridized carbons (Fsp3) is 0.333. The number of hydrogen-bond acceptors (Lipinski definition) is 2. The summed E-state index contributed by atoms with van der Waals surface area (Å²) in [5.41, 5.74) is 2.36. The van der Waals surface area contributed by atoms with Gasteiger partial charge in [-0.15, -0.1) is 0 Å². The molecule has 21 heavy (non-hydrogen) atoms. The highest BCUT2D eigenvalue weighted by Gasteiger charge is 2.31. The summed E-state index contributed by atoms with van der Waals surface area (Å²) in [5.74, 6) is 1.50. The molecule has 0 saturated heterocycles. The number of anilines is 1. The van der Waals surface area contributed by atoms with Crippen LogP contribution < -0.4 is 10.1 Å². The molecular formula is C18H20ClNO. The first-order valence-electron chi connectivity index (χ1n) is 7.50. The first-order valence-corrected chi connectivity index (χ1v) is 7.88. The van der Waals surface area contributed by atoms with Crippen molar-refractivity contribution in [3.63, 3.8) is 0 Å². The smallest absolute Gasteiger partial charge is 0.142 e. The zero-order valence-electron chi connectivity index (χ0n) is 12.2. The van der Waals surface area contributed by atoms with Crippen molar-refractivity contribution in [2.45, 2.75) is 31.7 Å². The average Bonchev–Trinajstić information content (AvgIpc) is 2.45. The standard InChI is InChI=1S/C18H20ClNO/c1-2-21-18-10-6-5-9-17(18)20-14-11-13(12-14)15-7-3-4-8-16(15)19/h3-10,13-14,20H,2,11-12H2,1H3. The molecule has 0 aromatic heterocycles. The molecule has 110 valence electrons. The van der Waals surface area contributed by atoms with Crippen molar-refractivity contribution in [2.24, 2.45) is 0 Å². The number of rotatable bonds is 5. The molecule has 3 heteroatoms. The molecule has 1 aliphatic rings. The fourth-order valence-corrected chi connectivity index (χ4v) is 3.17. The maximum atomic E-state index is 6.27. The maximum Gasteiger partial charge on any atom is 0.142 e. The molecule has 1 fully saturated rings. The summed E-state index contributed by atoms with van der Waals surface area (Å²) < 4.78 is 5.65. The van der Waals surface area contributed by atoms with Gasteiger partial charge in [0, 0.05) is 11.1 Å². The molecule has 0 heterocycles. The molecule has 1 N–H and O–H groups in total. The van der Waals surface area contributed by atoms with Crippen LogP contribution in [0.15, 0.2) is 48.5 Å². The minimum atomic E-state index is 0.493. The van der Waals surface area contributed by atoms with E-state index in [1.54, 1.807) is 0 Å². The van der Waals surface area contributed by atoms with Gasteiger partial charge in [0.2, 0.25) is 0 Å². The topological polar surface area (TPSA) is 21.3 Å². The van der Waals surface area contributed by atoms with E-state index in [0.717, 1.165) is 29.3 Å². The minimum Gasteiger partial charge on any atom is -0.492 e. The molecule has 0 aliphatic heterocycles. The summed E-state index contributed by atoms with van der Waals surface area (Å²) in [6.07, 6.45) is 2.23. The third kappa shape index (κ3) is 3.16. The van der Waals surface area contributed by atoms with Crippen molar-refractivity contribution < 1.29 is 4.74 Å². The average molecular weight is 302 g/mol. The second-order valence-electron chi connectivity index (χ2n) is 5.46. The Kier molecular flexibility index (Phi) is 4.35. The fourth-order valence-electron chi connectivity index (χ4n) is 2.88. The van der Waals surface area contributed by atoms with Crippen molar-refractivity contribution >= 4 is 17.3 Å². The second-order valence-corrected chi connectivity index (χ2v) is 5.87. The van der Waals surface area contributed by atoms with E-state index in [2.05, 4.69) is 23.5 Å². The van der Waals surface area contributed by atoms with Gasteiger partial charge in [-0.1, -0.05) is 41.9 Å². The number of para-hydroxylation sites is 2. The van der Waals surface area contributed by atoms with Crippen LogP contribution in [0.3, 0.4) is 0 Å². The van der Waals surface area contributed by atoms with Gasteiger partial charge in [-0.25, -0.2) is 0 Å². The third-order valence-corrected chi connectivity index (χ3v) is 4.37. The van der Waals surface area contributed by atoms with Crippen LogP contribution in [-0.4, -0.2) is 12.6 Å². The highest BCUT2D eigenvalue weighted by atomic mass is 35.5. The lowest BCUT2D eigenvalue weighted by atomic mass is 9.76. The number of halogens is 1. The molecule has 0 bridgehead atoms. The molecule has 2 aromatic carbocycles. The van der Waals surface area contributed by atoms with Gasteiger partial charge in [0.1, 0.15) is 5.75 Å². The van der Waals surface area contributed by atoms with E-state index in [-0.39, 0.29) is 0 Å². The second kappa shape index (κ2) is 6.40. The minimum absolute atomic E-state index is 0.493. The van der Waals surface area contributed by atoms with E-state index < -0.39 is 0 Å². The summed E-state index contributed by atoms with van der Waals surface area (Å²) in [6.45, 7) is 2.69. The molecular weight excluding hydrogens is 282 g/mol. The number of hydrogen-bond donors (Lipinski definition) is 1. The van der Waals surface area contributed by atoms with Gasteiger partial charge < -0.3 is 10.1 Å². The summed E-state index contributed by atoms with van der Waals surface area (Å²) in [6, 6.07) is 16.8. The lowest BCUT2D eigenvalue weighted by molar-refractivity contribution is 0.337. The number of nitrogens with one attached hydrogen (secondary N) is 1. The van der Waals surface area contributed by atoms with Gasteiger partial charge in [-0.3, -0.25) is 0 Å². The van der Waals surface area contributed by atoms with Gasteiger partial charge >= 0.3 is 0 Å². The summed E-state index contributed by atoms with van der Waals surface area (Å²) in [4.78, 5) is 0. The Balaban J connectivity index is 1.62. The SMILES string of the molecule is CCOc1ccccc1NC1CC(c2ccccc2Cl)C1. The molecule has 0 spiro atoms. The van der Waals surface area contributed by atoms with Gasteiger partial charge in [0.25, 0.3) is 0 Å². The van der Waals surface area contributed by atoms with E-state index in [1.807, 2.05) is 37.3 Å². The molecule has 0 atom stereocenters. The van der Waals surface area contributed by atoms with Crippen LogP contribution in [0.25, 0.3) is 0 Å². The molecule has 2 aromatic rings. The molecule has 0 amide bonds. The molecule has 2 nitrogen and oxygen atoms in total. The van der Waals surface area contributed by atoms with Gasteiger partial charge in [-0.2, -0.15) is 0 Å². The zero-order valence-corrected chi connectivity index (χ0v) is 12.9. The van der Waals surface area contributed by atoms with E-state index >= 15 is 0 Å². The van der Waals surface area contributed by atoms with E-state index in [9.17, 15) is 0 Å². The quantitative estimate of drug-likeness (QED) is 0.830. The Hall–Kier alpha value is -1.67. The first kappa shape index (κ1) is 14.3. The predicted molar refractivity (Wildman–Crippen MR) is 88.4 cm³/mol. The van der Waals surface area contributed by atoms with Crippen molar-refractivity contribution in [1.82, 2.24) is 0 Å².